The fraction of sp³-hybridized carbons (Fsp3) is 0.818. The van der Waals surface area contributed by atoms with Gasteiger partial charge in [-0.15, -0.1) is 12.4 Å². The molecule has 1 aliphatic rings. The molecule has 0 bridgehead atoms. The third-order valence-corrected chi connectivity index (χ3v) is 3.22. The van der Waals surface area contributed by atoms with Crippen molar-refractivity contribution in [1.82, 2.24) is 10.6 Å². The summed E-state index contributed by atoms with van der Waals surface area (Å²) in [5.74, 6) is -0.0403. The molecular formula is C11H22ClN3O2. The summed E-state index contributed by atoms with van der Waals surface area (Å²) in [5.41, 5.74) is 5.34. The van der Waals surface area contributed by atoms with Gasteiger partial charge in [-0.3, -0.25) is 9.59 Å². The van der Waals surface area contributed by atoms with Gasteiger partial charge in [0.1, 0.15) is 0 Å². The largest absolute Gasteiger partial charge is 0.355 e. The summed E-state index contributed by atoms with van der Waals surface area (Å²) in [5, 5.41) is 5.48. The lowest BCUT2D eigenvalue weighted by Gasteiger charge is -2.25. The van der Waals surface area contributed by atoms with E-state index in [1.54, 1.807) is 0 Å². The lowest BCUT2D eigenvalue weighted by Crippen LogP contribution is -2.46. The van der Waals surface area contributed by atoms with Crippen LogP contribution in [-0.4, -0.2) is 31.4 Å². The second-order valence-corrected chi connectivity index (χ2v) is 4.43. The van der Waals surface area contributed by atoms with Crippen molar-refractivity contribution in [3.8, 4) is 0 Å². The molecule has 1 saturated carbocycles. The van der Waals surface area contributed by atoms with Gasteiger partial charge in [0, 0.05) is 26.6 Å². The summed E-state index contributed by atoms with van der Waals surface area (Å²) < 4.78 is 0. The minimum Gasteiger partial charge on any atom is -0.355 e. The maximum Gasteiger partial charge on any atom is 0.227 e. The molecule has 0 aromatic carbocycles. The third kappa shape index (κ3) is 4.52. The van der Waals surface area contributed by atoms with Gasteiger partial charge < -0.3 is 16.4 Å². The number of carbonyl (C=O) groups is 2. The van der Waals surface area contributed by atoms with Crippen LogP contribution in [0.5, 0.6) is 0 Å². The summed E-state index contributed by atoms with van der Waals surface area (Å²) >= 11 is 0. The van der Waals surface area contributed by atoms with E-state index >= 15 is 0 Å². The van der Waals surface area contributed by atoms with E-state index in [4.69, 9.17) is 5.73 Å². The predicted octanol–water partition coefficient (Wildman–Crippen LogP) is 0.180. The highest BCUT2D eigenvalue weighted by Crippen LogP contribution is 2.37. The number of carbonyl (C=O) groups excluding carboxylic acids is 2. The lowest BCUT2D eigenvalue weighted by molar-refractivity contribution is -0.130. The van der Waals surface area contributed by atoms with Crippen molar-refractivity contribution < 1.29 is 9.59 Å². The highest BCUT2D eigenvalue weighted by atomic mass is 35.5. The molecule has 0 aliphatic heterocycles. The van der Waals surface area contributed by atoms with E-state index in [0.29, 0.717) is 19.6 Å². The Morgan fingerprint density at radius 3 is 2.18 bits per heavy atom. The molecule has 0 aromatic rings. The van der Waals surface area contributed by atoms with Gasteiger partial charge in [-0.2, -0.15) is 0 Å². The van der Waals surface area contributed by atoms with Crippen LogP contribution in [0.4, 0.5) is 0 Å². The van der Waals surface area contributed by atoms with Crippen molar-refractivity contribution in [3.05, 3.63) is 0 Å². The Bertz CT molecular complexity index is 265. The van der Waals surface area contributed by atoms with Crippen LogP contribution >= 0.6 is 12.4 Å². The van der Waals surface area contributed by atoms with Crippen molar-refractivity contribution in [2.24, 2.45) is 11.1 Å². The smallest absolute Gasteiger partial charge is 0.227 e. The number of hydrogen-bond donors (Lipinski definition) is 3. The van der Waals surface area contributed by atoms with Crippen LogP contribution in [-0.2, 0) is 9.59 Å². The predicted molar refractivity (Wildman–Crippen MR) is 68.9 cm³/mol. The van der Waals surface area contributed by atoms with Crippen LogP contribution in [0.25, 0.3) is 0 Å². The molecule has 1 aliphatic carbocycles. The Kier molecular flexibility index (Phi) is 7.15. The molecule has 17 heavy (non-hydrogen) atoms. The van der Waals surface area contributed by atoms with E-state index in [2.05, 4.69) is 10.6 Å². The first-order valence-corrected chi connectivity index (χ1v) is 5.83. The van der Waals surface area contributed by atoms with E-state index in [1.807, 2.05) is 0 Å². The quantitative estimate of drug-likeness (QED) is 0.619. The minimum atomic E-state index is -0.351. The minimum absolute atomic E-state index is 0. The second-order valence-electron chi connectivity index (χ2n) is 4.43. The van der Waals surface area contributed by atoms with Gasteiger partial charge in [0.25, 0.3) is 0 Å². The van der Waals surface area contributed by atoms with Gasteiger partial charge in [-0.25, -0.2) is 0 Å². The summed E-state index contributed by atoms with van der Waals surface area (Å²) in [6, 6.07) is 0. The molecule has 0 aromatic heterocycles. The zero-order valence-electron chi connectivity index (χ0n) is 10.3. The molecule has 0 heterocycles. The number of nitrogens with one attached hydrogen (secondary N) is 2. The van der Waals surface area contributed by atoms with Crippen LogP contribution in [0, 0.1) is 5.41 Å². The van der Waals surface area contributed by atoms with Crippen molar-refractivity contribution in [2.75, 3.05) is 19.6 Å². The molecule has 0 radical (unpaired) electrons. The summed E-state index contributed by atoms with van der Waals surface area (Å²) in [6.07, 6.45) is 3.93. The van der Waals surface area contributed by atoms with Crippen molar-refractivity contribution in [2.45, 2.75) is 32.6 Å². The van der Waals surface area contributed by atoms with Crippen LogP contribution in [0.15, 0.2) is 0 Å². The van der Waals surface area contributed by atoms with Gasteiger partial charge in [-0.05, 0) is 12.8 Å². The Balaban J connectivity index is 0.00000256. The van der Waals surface area contributed by atoms with E-state index < -0.39 is 0 Å². The van der Waals surface area contributed by atoms with E-state index in [0.717, 1.165) is 25.7 Å². The fourth-order valence-electron chi connectivity index (χ4n) is 2.18. The standard InChI is InChI=1S/C11H21N3O2.ClH/c1-9(15)13-6-7-14-10(16)11(8-12)4-2-3-5-11;/h2-8,12H2,1H3,(H,13,15)(H,14,16);1H. The highest BCUT2D eigenvalue weighted by Gasteiger charge is 2.39. The molecule has 6 heteroatoms. The molecule has 5 nitrogen and oxygen atoms in total. The molecule has 0 unspecified atom stereocenters. The van der Waals surface area contributed by atoms with Crippen LogP contribution in [0.1, 0.15) is 32.6 Å². The SMILES string of the molecule is CC(=O)NCCNC(=O)C1(CN)CCCC1.Cl. The van der Waals surface area contributed by atoms with E-state index in [-0.39, 0.29) is 29.6 Å². The van der Waals surface area contributed by atoms with Crippen LogP contribution in [0.2, 0.25) is 0 Å². The Morgan fingerprint density at radius 1 is 1.18 bits per heavy atom. The van der Waals surface area contributed by atoms with Gasteiger partial charge in [0.15, 0.2) is 0 Å². The van der Waals surface area contributed by atoms with Gasteiger partial charge in [0.05, 0.1) is 5.41 Å². The van der Waals surface area contributed by atoms with Crippen LogP contribution in [0.3, 0.4) is 0 Å². The van der Waals surface area contributed by atoms with Crippen molar-refractivity contribution in [1.29, 1.82) is 0 Å². The first-order valence-electron chi connectivity index (χ1n) is 5.83. The van der Waals surface area contributed by atoms with E-state index in [1.165, 1.54) is 6.92 Å². The Labute approximate surface area is 108 Å². The number of hydrogen-bond acceptors (Lipinski definition) is 3. The average Bonchev–Trinajstić information content (AvgIpc) is 2.73. The molecule has 0 spiro atoms. The van der Waals surface area contributed by atoms with Crippen molar-refractivity contribution >= 4 is 24.2 Å². The van der Waals surface area contributed by atoms with Gasteiger partial charge in [0.2, 0.25) is 11.8 Å². The number of rotatable bonds is 5. The number of amides is 2. The first kappa shape index (κ1) is 16.2. The number of nitrogens with two attached hydrogens (primary N) is 1. The van der Waals surface area contributed by atoms with Crippen LogP contribution < -0.4 is 16.4 Å². The third-order valence-electron chi connectivity index (χ3n) is 3.22. The Hall–Kier alpha value is -0.810. The topological polar surface area (TPSA) is 84.2 Å². The second kappa shape index (κ2) is 7.50. The zero-order chi connectivity index (χ0) is 12.0. The molecule has 0 atom stereocenters. The maximum atomic E-state index is 11.9. The van der Waals surface area contributed by atoms with Gasteiger partial charge in [-0.1, -0.05) is 12.8 Å². The fourth-order valence-corrected chi connectivity index (χ4v) is 2.18. The number of halogens is 1. The molecule has 2 amide bonds. The molecular weight excluding hydrogens is 242 g/mol. The molecule has 1 fully saturated rings. The van der Waals surface area contributed by atoms with Gasteiger partial charge >= 0.3 is 0 Å². The highest BCUT2D eigenvalue weighted by molar-refractivity contribution is 5.85. The Morgan fingerprint density at radius 2 is 1.71 bits per heavy atom. The van der Waals surface area contributed by atoms with Crippen molar-refractivity contribution in [3.63, 3.8) is 0 Å². The van der Waals surface area contributed by atoms with E-state index in [9.17, 15) is 9.59 Å². The monoisotopic (exact) mass is 263 g/mol. The molecule has 0 saturated heterocycles. The lowest BCUT2D eigenvalue weighted by atomic mass is 9.85. The first-order chi connectivity index (χ1) is 7.60. The summed E-state index contributed by atoms with van der Waals surface area (Å²) in [6.45, 7) is 2.82. The molecule has 100 valence electrons. The normalized spacial score (nSPS) is 17.1. The maximum absolute atomic E-state index is 11.9. The average molecular weight is 264 g/mol. The summed E-state index contributed by atoms with van der Waals surface area (Å²) in [7, 11) is 0. The zero-order valence-corrected chi connectivity index (χ0v) is 11.1. The molecule has 1 rings (SSSR count). The summed E-state index contributed by atoms with van der Waals surface area (Å²) in [4.78, 5) is 22.6. The molecule has 4 N–H and O–H groups in total.